The van der Waals surface area contributed by atoms with E-state index in [-0.39, 0.29) is 23.5 Å². The zero-order chi connectivity index (χ0) is 17.1. The predicted molar refractivity (Wildman–Crippen MR) is 86.6 cm³/mol. The molecule has 0 radical (unpaired) electrons. The molecular formula is C18H23NO4. The molecule has 0 amide bonds. The lowest BCUT2D eigenvalue weighted by Gasteiger charge is -2.19. The number of hydrogen-bond donors (Lipinski definition) is 1. The molecule has 1 aliphatic carbocycles. The Morgan fingerprint density at radius 3 is 2.48 bits per heavy atom. The Kier molecular flexibility index (Phi) is 5.19. The van der Waals surface area contributed by atoms with Crippen LogP contribution in [-0.4, -0.2) is 28.6 Å². The molecule has 1 heterocycles. The molecule has 1 aromatic heterocycles. The number of esters is 1. The second-order valence-corrected chi connectivity index (χ2v) is 6.11. The van der Waals surface area contributed by atoms with Crippen molar-refractivity contribution in [2.45, 2.75) is 53.1 Å². The number of nitrogens with one attached hydrogen (secondary N) is 1. The van der Waals surface area contributed by atoms with E-state index in [4.69, 9.17) is 4.74 Å². The highest BCUT2D eigenvalue weighted by Crippen LogP contribution is 2.23. The van der Waals surface area contributed by atoms with E-state index < -0.39 is 6.10 Å². The third kappa shape index (κ3) is 3.60. The summed E-state index contributed by atoms with van der Waals surface area (Å²) >= 11 is 0. The first-order valence-electron chi connectivity index (χ1n) is 7.92. The van der Waals surface area contributed by atoms with E-state index >= 15 is 0 Å². The number of ether oxygens (including phenoxy) is 1. The summed E-state index contributed by atoms with van der Waals surface area (Å²) in [6.07, 6.45) is 5.43. The number of aromatic nitrogens is 1. The fourth-order valence-corrected chi connectivity index (χ4v) is 3.06. The highest BCUT2D eigenvalue weighted by atomic mass is 16.5. The summed E-state index contributed by atoms with van der Waals surface area (Å²) in [5, 5.41) is 0. The van der Waals surface area contributed by atoms with Crippen LogP contribution in [0.25, 0.3) is 0 Å². The van der Waals surface area contributed by atoms with Crippen LogP contribution in [0.2, 0.25) is 0 Å². The third-order valence-electron chi connectivity index (χ3n) is 4.30. The van der Waals surface area contributed by atoms with Gasteiger partial charge in [0.2, 0.25) is 5.78 Å². The van der Waals surface area contributed by atoms with Gasteiger partial charge in [-0.25, -0.2) is 0 Å². The minimum atomic E-state index is -0.870. The molecule has 0 aromatic carbocycles. The molecule has 1 aromatic rings. The van der Waals surface area contributed by atoms with Crippen LogP contribution < -0.4 is 0 Å². The van der Waals surface area contributed by atoms with E-state index in [2.05, 4.69) is 4.98 Å². The van der Waals surface area contributed by atoms with Gasteiger partial charge in [-0.1, -0.05) is 12.2 Å². The molecule has 0 saturated carbocycles. The normalized spacial score (nSPS) is 18.5. The fourth-order valence-electron chi connectivity index (χ4n) is 3.06. The van der Waals surface area contributed by atoms with Gasteiger partial charge in [-0.2, -0.15) is 0 Å². The Balaban J connectivity index is 2.11. The number of hydrogen-bond acceptors (Lipinski definition) is 4. The quantitative estimate of drug-likeness (QED) is 0.513. The van der Waals surface area contributed by atoms with E-state index in [9.17, 15) is 14.4 Å². The van der Waals surface area contributed by atoms with Crippen molar-refractivity contribution in [1.82, 2.24) is 4.98 Å². The van der Waals surface area contributed by atoms with Crippen molar-refractivity contribution in [3.05, 3.63) is 34.7 Å². The van der Waals surface area contributed by atoms with Gasteiger partial charge in [0.15, 0.2) is 11.9 Å². The lowest BCUT2D eigenvalue weighted by molar-refractivity contribution is -0.151. The Bertz CT molecular complexity index is 669. The molecule has 0 aliphatic heterocycles. The van der Waals surface area contributed by atoms with Gasteiger partial charge in [0.1, 0.15) is 0 Å². The SMILES string of the molecule is CC(=O)c1c(C)[nH]c(C(=O)[C@H](C)OC(=O)[C@@H]2CC=CCC2)c1C. The number of aryl methyl sites for hydroxylation is 1. The lowest BCUT2D eigenvalue weighted by atomic mass is 9.94. The van der Waals surface area contributed by atoms with Crippen molar-refractivity contribution < 1.29 is 19.1 Å². The second kappa shape index (κ2) is 6.94. The average Bonchev–Trinajstić information content (AvgIpc) is 2.82. The van der Waals surface area contributed by atoms with Gasteiger partial charge in [-0.3, -0.25) is 14.4 Å². The topological polar surface area (TPSA) is 76.2 Å². The molecule has 1 N–H and O–H groups in total. The molecular weight excluding hydrogens is 294 g/mol. The molecule has 0 bridgehead atoms. The first-order chi connectivity index (χ1) is 10.8. The van der Waals surface area contributed by atoms with E-state index in [1.807, 2.05) is 12.2 Å². The van der Waals surface area contributed by atoms with Gasteiger partial charge in [0, 0.05) is 11.3 Å². The maximum absolute atomic E-state index is 12.5. The number of H-pyrrole nitrogens is 1. The third-order valence-corrected chi connectivity index (χ3v) is 4.30. The summed E-state index contributed by atoms with van der Waals surface area (Å²) < 4.78 is 5.34. The van der Waals surface area contributed by atoms with Crippen LogP contribution in [-0.2, 0) is 9.53 Å². The summed E-state index contributed by atoms with van der Waals surface area (Å²) in [6.45, 7) is 6.53. The molecule has 124 valence electrons. The molecule has 0 unspecified atom stereocenters. The van der Waals surface area contributed by atoms with Crippen molar-refractivity contribution in [3.63, 3.8) is 0 Å². The number of carbonyl (C=O) groups excluding carboxylic acids is 3. The van der Waals surface area contributed by atoms with Crippen LogP contribution in [0.1, 0.15) is 65.2 Å². The van der Waals surface area contributed by atoms with E-state index in [0.29, 0.717) is 28.9 Å². The molecule has 1 aliphatic rings. The molecule has 0 fully saturated rings. The largest absolute Gasteiger partial charge is 0.454 e. The molecule has 2 rings (SSSR count). The average molecular weight is 317 g/mol. The predicted octanol–water partition coefficient (Wildman–Crippen LogP) is 3.30. The van der Waals surface area contributed by atoms with Crippen molar-refractivity contribution in [1.29, 1.82) is 0 Å². The molecule has 23 heavy (non-hydrogen) atoms. The van der Waals surface area contributed by atoms with Gasteiger partial charge >= 0.3 is 5.97 Å². The number of Topliss-reactive ketones (excluding diaryl/α,β-unsaturated/α-hetero) is 2. The van der Waals surface area contributed by atoms with Crippen molar-refractivity contribution in [2.24, 2.45) is 5.92 Å². The number of rotatable bonds is 5. The Morgan fingerprint density at radius 2 is 1.96 bits per heavy atom. The molecule has 2 atom stereocenters. The molecule has 5 heteroatoms. The Hall–Kier alpha value is -2.17. The number of aromatic amines is 1. The maximum Gasteiger partial charge on any atom is 0.309 e. The van der Waals surface area contributed by atoms with Gasteiger partial charge in [0.05, 0.1) is 11.6 Å². The summed E-state index contributed by atoms with van der Waals surface area (Å²) in [5.41, 5.74) is 2.15. The van der Waals surface area contributed by atoms with Crippen LogP contribution in [0, 0.1) is 19.8 Å². The number of ketones is 2. The molecule has 5 nitrogen and oxygen atoms in total. The van der Waals surface area contributed by atoms with Gasteiger partial charge in [0.25, 0.3) is 0 Å². The smallest absolute Gasteiger partial charge is 0.309 e. The van der Waals surface area contributed by atoms with Crippen molar-refractivity contribution in [2.75, 3.05) is 0 Å². The minimum absolute atomic E-state index is 0.0889. The summed E-state index contributed by atoms with van der Waals surface area (Å²) in [6, 6.07) is 0. The van der Waals surface area contributed by atoms with Gasteiger partial charge < -0.3 is 9.72 Å². The summed E-state index contributed by atoms with van der Waals surface area (Å²) in [5.74, 6) is -0.899. The van der Waals surface area contributed by atoms with Gasteiger partial charge in [-0.15, -0.1) is 0 Å². The highest BCUT2D eigenvalue weighted by Gasteiger charge is 2.28. The summed E-state index contributed by atoms with van der Waals surface area (Å²) in [7, 11) is 0. The zero-order valence-electron chi connectivity index (χ0n) is 14.1. The first kappa shape index (κ1) is 17.2. The zero-order valence-corrected chi connectivity index (χ0v) is 14.1. The minimum Gasteiger partial charge on any atom is -0.454 e. The number of allylic oxidation sites excluding steroid dienone is 2. The first-order valence-corrected chi connectivity index (χ1v) is 7.92. The van der Waals surface area contributed by atoms with Crippen LogP contribution in [0.4, 0.5) is 0 Å². The van der Waals surface area contributed by atoms with Gasteiger partial charge in [-0.05, 0) is 52.5 Å². The van der Waals surface area contributed by atoms with Crippen LogP contribution in [0.3, 0.4) is 0 Å². The maximum atomic E-state index is 12.5. The highest BCUT2D eigenvalue weighted by molar-refractivity contribution is 6.05. The van der Waals surface area contributed by atoms with Crippen LogP contribution >= 0.6 is 0 Å². The molecule has 0 saturated heterocycles. The van der Waals surface area contributed by atoms with E-state index in [0.717, 1.165) is 12.8 Å². The Labute approximate surface area is 136 Å². The molecule has 0 spiro atoms. The van der Waals surface area contributed by atoms with Crippen molar-refractivity contribution >= 4 is 17.5 Å². The van der Waals surface area contributed by atoms with Crippen LogP contribution in [0.15, 0.2) is 12.2 Å². The van der Waals surface area contributed by atoms with Crippen LogP contribution in [0.5, 0.6) is 0 Å². The van der Waals surface area contributed by atoms with E-state index in [1.54, 1.807) is 20.8 Å². The van der Waals surface area contributed by atoms with E-state index in [1.165, 1.54) is 6.92 Å². The monoisotopic (exact) mass is 317 g/mol. The lowest BCUT2D eigenvalue weighted by Crippen LogP contribution is -2.29. The Morgan fingerprint density at radius 1 is 1.26 bits per heavy atom. The fraction of sp³-hybridized carbons (Fsp3) is 0.500. The second-order valence-electron chi connectivity index (χ2n) is 6.11. The van der Waals surface area contributed by atoms with Crippen molar-refractivity contribution in [3.8, 4) is 0 Å². The summed E-state index contributed by atoms with van der Waals surface area (Å²) in [4.78, 5) is 39.3. The standard InChI is InChI=1S/C18H23NO4/c1-10-15(12(3)20)11(2)19-16(10)17(21)13(4)23-18(22)14-8-6-5-7-9-14/h5-6,13-14,19H,7-9H2,1-4H3/t13-,14+/m0/s1. The number of carbonyl (C=O) groups is 3.